The highest BCUT2D eigenvalue weighted by molar-refractivity contribution is 5.85. The van der Waals surface area contributed by atoms with Gasteiger partial charge in [0.1, 0.15) is 5.78 Å². The number of ether oxygens (including phenoxy) is 1. The second-order valence-electron chi connectivity index (χ2n) is 7.31. The molecule has 0 radical (unpaired) electrons. The van der Waals surface area contributed by atoms with Crippen molar-refractivity contribution in [3.8, 4) is 0 Å². The average Bonchev–Trinajstić information content (AvgIpc) is 2.41. The summed E-state index contributed by atoms with van der Waals surface area (Å²) in [5.74, 6) is 0.234. The van der Waals surface area contributed by atoms with Crippen LogP contribution in [0.25, 0.3) is 0 Å². The van der Waals surface area contributed by atoms with Crippen LogP contribution >= 0.6 is 0 Å². The summed E-state index contributed by atoms with van der Waals surface area (Å²) in [4.78, 5) is 24.5. The minimum atomic E-state index is -0.286. The van der Waals surface area contributed by atoms with E-state index in [1.807, 2.05) is 0 Å². The van der Waals surface area contributed by atoms with E-state index in [0.29, 0.717) is 18.4 Å². The van der Waals surface area contributed by atoms with Gasteiger partial charge in [-0.1, -0.05) is 53.9 Å². The lowest BCUT2D eigenvalue weighted by Crippen LogP contribution is -2.32. The number of ketones is 1. The van der Waals surface area contributed by atoms with E-state index in [1.165, 1.54) is 12.8 Å². The van der Waals surface area contributed by atoms with Gasteiger partial charge in [0.25, 0.3) is 0 Å². The summed E-state index contributed by atoms with van der Waals surface area (Å²) >= 11 is 0. The van der Waals surface area contributed by atoms with Crippen molar-refractivity contribution in [1.29, 1.82) is 0 Å². The van der Waals surface area contributed by atoms with E-state index in [-0.39, 0.29) is 23.6 Å². The van der Waals surface area contributed by atoms with Crippen molar-refractivity contribution in [2.75, 3.05) is 6.61 Å². The van der Waals surface area contributed by atoms with E-state index in [2.05, 4.69) is 34.6 Å². The normalized spacial score (nSPS) is 14.2. The van der Waals surface area contributed by atoms with Crippen LogP contribution in [0.1, 0.15) is 80.1 Å². The molecule has 2 atom stereocenters. The number of carbonyl (C=O) groups is 2. The van der Waals surface area contributed by atoms with Gasteiger partial charge in [-0.3, -0.25) is 9.59 Å². The number of esters is 1. The summed E-state index contributed by atoms with van der Waals surface area (Å²) in [6.45, 7) is 12.6. The number of hydrogen-bond donors (Lipinski definition) is 0. The summed E-state index contributed by atoms with van der Waals surface area (Å²) in [6.07, 6.45) is 5.85. The molecule has 0 saturated heterocycles. The molecule has 0 N–H and O–H groups in total. The molecule has 0 heterocycles. The number of unbranched alkanes of at least 4 members (excludes halogenated alkanes) is 3. The monoisotopic (exact) mass is 312 g/mol. The van der Waals surface area contributed by atoms with Gasteiger partial charge in [0.2, 0.25) is 0 Å². The lowest BCUT2D eigenvalue weighted by atomic mass is 9.78. The quantitative estimate of drug-likeness (QED) is 0.375. The van der Waals surface area contributed by atoms with Crippen molar-refractivity contribution < 1.29 is 14.3 Å². The topological polar surface area (TPSA) is 43.4 Å². The predicted molar refractivity (Wildman–Crippen MR) is 91.7 cm³/mol. The maximum absolute atomic E-state index is 12.5. The molecule has 0 aliphatic heterocycles. The van der Waals surface area contributed by atoms with Gasteiger partial charge in [-0.2, -0.15) is 0 Å². The van der Waals surface area contributed by atoms with Crippen LogP contribution in [0.2, 0.25) is 0 Å². The maximum Gasteiger partial charge on any atom is 0.309 e. The van der Waals surface area contributed by atoms with Crippen LogP contribution in [0.15, 0.2) is 0 Å². The molecule has 130 valence electrons. The lowest BCUT2D eigenvalue weighted by Gasteiger charge is -2.26. The standard InChI is InChI=1S/C19H36O3/c1-7-8-9-10-11-22-19(21)18(13-15(4)5)17(16(6)20)12-14(2)3/h14-15,17-18H,7-13H2,1-6H3. The van der Waals surface area contributed by atoms with E-state index >= 15 is 0 Å². The van der Waals surface area contributed by atoms with E-state index < -0.39 is 0 Å². The Hall–Kier alpha value is -0.860. The fourth-order valence-corrected chi connectivity index (χ4v) is 2.86. The Balaban J connectivity index is 4.70. The van der Waals surface area contributed by atoms with Crippen molar-refractivity contribution in [1.82, 2.24) is 0 Å². The SMILES string of the molecule is CCCCCCOC(=O)C(CC(C)C)C(CC(C)C)C(C)=O. The molecule has 0 saturated carbocycles. The van der Waals surface area contributed by atoms with Gasteiger partial charge in [0.05, 0.1) is 12.5 Å². The number of carbonyl (C=O) groups excluding carboxylic acids is 2. The third-order valence-corrected chi connectivity index (χ3v) is 4.00. The molecule has 0 bridgehead atoms. The van der Waals surface area contributed by atoms with Gasteiger partial charge in [0, 0.05) is 5.92 Å². The molecule has 0 fully saturated rings. The fraction of sp³-hybridized carbons (Fsp3) is 0.895. The molecule has 0 aliphatic rings. The lowest BCUT2D eigenvalue weighted by molar-refractivity contribution is -0.154. The zero-order valence-electron chi connectivity index (χ0n) is 15.5. The largest absolute Gasteiger partial charge is 0.465 e. The molecular weight excluding hydrogens is 276 g/mol. The third-order valence-electron chi connectivity index (χ3n) is 4.00. The molecular formula is C19H36O3. The van der Waals surface area contributed by atoms with Crippen molar-refractivity contribution in [3.63, 3.8) is 0 Å². The first-order valence-corrected chi connectivity index (χ1v) is 8.96. The Labute approximate surface area is 137 Å². The molecule has 0 aromatic carbocycles. The molecule has 0 aromatic rings. The second-order valence-corrected chi connectivity index (χ2v) is 7.31. The van der Waals surface area contributed by atoms with Gasteiger partial charge in [-0.05, 0) is 38.0 Å². The molecule has 2 unspecified atom stereocenters. The molecule has 22 heavy (non-hydrogen) atoms. The zero-order valence-corrected chi connectivity index (χ0v) is 15.5. The van der Waals surface area contributed by atoms with Crippen LogP contribution in [0.4, 0.5) is 0 Å². The Kier molecular flexibility index (Phi) is 11.2. The second kappa shape index (κ2) is 11.7. The third kappa shape index (κ3) is 9.22. The van der Waals surface area contributed by atoms with Crippen LogP contribution in [0.5, 0.6) is 0 Å². The van der Waals surface area contributed by atoms with Gasteiger partial charge in [0.15, 0.2) is 0 Å². The summed E-state index contributed by atoms with van der Waals surface area (Å²) in [5.41, 5.74) is 0. The van der Waals surface area contributed by atoms with Crippen molar-refractivity contribution in [2.45, 2.75) is 80.1 Å². The summed E-state index contributed by atoms with van der Waals surface area (Å²) in [6, 6.07) is 0. The summed E-state index contributed by atoms with van der Waals surface area (Å²) in [7, 11) is 0. The van der Waals surface area contributed by atoms with Crippen molar-refractivity contribution in [3.05, 3.63) is 0 Å². The van der Waals surface area contributed by atoms with Crippen LogP contribution in [-0.4, -0.2) is 18.4 Å². The molecule has 0 aromatic heterocycles. The predicted octanol–water partition coefficient (Wildman–Crippen LogP) is 5.02. The summed E-state index contributed by atoms with van der Waals surface area (Å²) < 4.78 is 5.47. The molecule has 3 nitrogen and oxygen atoms in total. The highest BCUT2D eigenvalue weighted by Gasteiger charge is 2.33. The van der Waals surface area contributed by atoms with Crippen LogP contribution in [0, 0.1) is 23.7 Å². The van der Waals surface area contributed by atoms with Gasteiger partial charge >= 0.3 is 5.97 Å². The highest BCUT2D eigenvalue weighted by atomic mass is 16.5. The Bertz CT molecular complexity index is 321. The summed E-state index contributed by atoms with van der Waals surface area (Å²) in [5, 5.41) is 0. The van der Waals surface area contributed by atoms with E-state index in [1.54, 1.807) is 6.92 Å². The smallest absolute Gasteiger partial charge is 0.309 e. The molecule has 3 heteroatoms. The van der Waals surface area contributed by atoms with Gasteiger partial charge in [-0.15, -0.1) is 0 Å². The Morgan fingerprint density at radius 3 is 1.86 bits per heavy atom. The first kappa shape index (κ1) is 21.1. The minimum absolute atomic E-state index is 0.113. The maximum atomic E-state index is 12.5. The van der Waals surface area contributed by atoms with E-state index in [9.17, 15) is 9.59 Å². The van der Waals surface area contributed by atoms with Crippen molar-refractivity contribution >= 4 is 11.8 Å². The fourth-order valence-electron chi connectivity index (χ4n) is 2.86. The first-order valence-electron chi connectivity index (χ1n) is 8.96. The average molecular weight is 312 g/mol. The molecule has 0 spiro atoms. The Morgan fingerprint density at radius 1 is 0.864 bits per heavy atom. The van der Waals surface area contributed by atoms with Gasteiger partial charge in [-0.25, -0.2) is 0 Å². The number of rotatable bonds is 12. The van der Waals surface area contributed by atoms with Gasteiger partial charge < -0.3 is 4.74 Å². The van der Waals surface area contributed by atoms with E-state index in [4.69, 9.17) is 4.74 Å². The first-order chi connectivity index (χ1) is 10.3. The highest BCUT2D eigenvalue weighted by Crippen LogP contribution is 2.28. The molecule has 0 aliphatic carbocycles. The molecule has 0 amide bonds. The number of Topliss-reactive ketones (excluding diaryl/α,β-unsaturated/α-hetero) is 1. The van der Waals surface area contributed by atoms with Crippen LogP contribution < -0.4 is 0 Å². The van der Waals surface area contributed by atoms with Crippen molar-refractivity contribution in [2.24, 2.45) is 23.7 Å². The van der Waals surface area contributed by atoms with Crippen LogP contribution in [0.3, 0.4) is 0 Å². The zero-order chi connectivity index (χ0) is 17.1. The molecule has 0 rings (SSSR count). The Morgan fingerprint density at radius 2 is 1.41 bits per heavy atom. The van der Waals surface area contributed by atoms with E-state index in [0.717, 1.165) is 25.7 Å². The number of hydrogen-bond acceptors (Lipinski definition) is 3. The van der Waals surface area contributed by atoms with Crippen LogP contribution in [-0.2, 0) is 14.3 Å². The minimum Gasteiger partial charge on any atom is -0.465 e.